The molecule has 2 fully saturated rings. The topological polar surface area (TPSA) is 52.7 Å². The molecule has 2 aliphatic rings. The van der Waals surface area contributed by atoms with Crippen LogP contribution in [-0.2, 0) is 4.79 Å². The van der Waals surface area contributed by atoms with Gasteiger partial charge < -0.3 is 15.1 Å². The minimum Gasteiger partial charge on any atom is -0.343 e. The lowest BCUT2D eigenvalue weighted by atomic mass is 9.86. The minimum absolute atomic E-state index is 0.0297. The third kappa shape index (κ3) is 5.67. The number of hydrogen-bond acceptors (Lipinski definition) is 2. The second-order valence-corrected chi connectivity index (χ2v) is 7.32. The number of nitrogens with one attached hydrogen (secondary N) is 1. The van der Waals surface area contributed by atoms with Gasteiger partial charge in [-0.1, -0.05) is 32.1 Å². The molecular formula is C19H35N3O2. The van der Waals surface area contributed by atoms with Gasteiger partial charge in [-0.2, -0.15) is 0 Å². The highest BCUT2D eigenvalue weighted by atomic mass is 16.2. The van der Waals surface area contributed by atoms with Crippen LogP contribution in [0, 0.1) is 5.92 Å². The second kappa shape index (κ2) is 9.90. The molecule has 0 radical (unpaired) electrons. The van der Waals surface area contributed by atoms with Crippen LogP contribution in [0.2, 0.25) is 0 Å². The fourth-order valence-corrected chi connectivity index (χ4v) is 4.01. The molecule has 1 saturated carbocycles. The van der Waals surface area contributed by atoms with Crippen molar-refractivity contribution in [3.05, 3.63) is 0 Å². The third-order valence-electron chi connectivity index (χ3n) is 5.72. The van der Waals surface area contributed by atoms with Crippen molar-refractivity contribution in [2.24, 2.45) is 5.92 Å². The van der Waals surface area contributed by atoms with Gasteiger partial charge >= 0.3 is 6.03 Å². The van der Waals surface area contributed by atoms with Gasteiger partial charge in [0.25, 0.3) is 0 Å². The highest BCUT2D eigenvalue weighted by Gasteiger charge is 2.25. The van der Waals surface area contributed by atoms with Crippen LogP contribution in [0.5, 0.6) is 0 Å². The quantitative estimate of drug-likeness (QED) is 0.808. The van der Waals surface area contributed by atoms with Gasteiger partial charge in [-0.15, -0.1) is 0 Å². The van der Waals surface area contributed by atoms with E-state index >= 15 is 0 Å². The number of likely N-dealkylation sites (tertiary alicyclic amines) is 1. The number of piperidine rings is 1. The number of nitrogens with zero attached hydrogens (tertiary/aromatic N) is 2. The molecule has 2 rings (SSSR count). The Balaban J connectivity index is 1.66. The smallest absolute Gasteiger partial charge is 0.317 e. The normalized spacial score (nSPS) is 20.0. The fourth-order valence-electron chi connectivity index (χ4n) is 4.01. The molecule has 24 heavy (non-hydrogen) atoms. The third-order valence-corrected chi connectivity index (χ3v) is 5.72. The van der Waals surface area contributed by atoms with E-state index < -0.39 is 0 Å². The van der Waals surface area contributed by atoms with E-state index in [1.165, 1.54) is 32.1 Å². The van der Waals surface area contributed by atoms with E-state index in [9.17, 15) is 9.59 Å². The molecule has 1 heterocycles. The molecule has 0 aromatic carbocycles. The van der Waals surface area contributed by atoms with Crippen molar-refractivity contribution in [3.63, 3.8) is 0 Å². The van der Waals surface area contributed by atoms with Crippen molar-refractivity contribution >= 4 is 11.9 Å². The molecule has 0 aromatic rings. The lowest BCUT2D eigenvalue weighted by Gasteiger charge is -2.34. The van der Waals surface area contributed by atoms with Gasteiger partial charge in [-0.3, -0.25) is 4.79 Å². The minimum atomic E-state index is 0.0297. The van der Waals surface area contributed by atoms with E-state index in [0.29, 0.717) is 12.3 Å². The maximum atomic E-state index is 12.4. The van der Waals surface area contributed by atoms with Crippen LogP contribution in [-0.4, -0.2) is 54.0 Å². The van der Waals surface area contributed by atoms with Gasteiger partial charge in [0.15, 0.2) is 0 Å². The Labute approximate surface area is 147 Å². The maximum Gasteiger partial charge on any atom is 0.317 e. The SMILES string of the molecule is CCN(CC)C(=O)NC1CCN(C(=O)CCC2CCCCC2)CC1. The first-order valence-corrected chi connectivity index (χ1v) is 9.97. The predicted octanol–water partition coefficient (Wildman–Crippen LogP) is 3.39. The molecule has 5 nitrogen and oxygen atoms in total. The Morgan fingerprint density at radius 3 is 2.21 bits per heavy atom. The number of amides is 3. The van der Waals surface area contributed by atoms with Crippen molar-refractivity contribution in [3.8, 4) is 0 Å². The summed E-state index contributed by atoms with van der Waals surface area (Å²) in [7, 11) is 0. The molecule has 138 valence electrons. The number of rotatable bonds is 6. The summed E-state index contributed by atoms with van der Waals surface area (Å²) in [5, 5.41) is 3.11. The molecule has 0 spiro atoms. The number of carbonyl (C=O) groups excluding carboxylic acids is 2. The Morgan fingerprint density at radius 2 is 1.62 bits per heavy atom. The lowest BCUT2D eigenvalue weighted by molar-refractivity contribution is -0.132. The van der Waals surface area contributed by atoms with Gasteiger partial charge in [0, 0.05) is 38.6 Å². The summed E-state index contributed by atoms with van der Waals surface area (Å²) >= 11 is 0. The number of hydrogen-bond donors (Lipinski definition) is 1. The van der Waals surface area contributed by atoms with Crippen molar-refractivity contribution in [1.29, 1.82) is 0 Å². The molecular weight excluding hydrogens is 302 g/mol. The molecule has 1 N–H and O–H groups in total. The zero-order valence-corrected chi connectivity index (χ0v) is 15.6. The average molecular weight is 338 g/mol. The summed E-state index contributed by atoms with van der Waals surface area (Å²) in [5.74, 6) is 1.09. The largest absolute Gasteiger partial charge is 0.343 e. The van der Waals surface area contributed by atoms with Gasteiger partial charge in [0.1, 0.15) is 0 Å². The zero-order valence-electron chi connectivity index (χ0n) is 15.6. The van der Waals surface area contributed by atoms with Crippen LogP contribution < -0.4 is 5.32 Å². The van der Waals surface area contributed by atoms with Crippen LogP contribution in [0.15, 0.2) is 0 Å². The summed E-state index contributed by atoms with van der Waals surface area (Å²) in [6, 6.07) is 0.238. The van der Waals surface area contributed by atoms with Crippen LogP contribution in [0.25, 0.3) is 0 Å². The highest BCUT2D eigenvalue weighted by molar-refractivity contribution is 5.76. The van der Waals surface area contributed by atoms with Crippen molar-refractivity contribution in [2.45, 2.75) is 77.7 Å². The summed E-state index contributed by atoms with van der Waals surface area (Å²) in [6.07, 6.45) is 10.2. The number of urea groups is 1. The molecule has 0 bridgehead atoms. The van der Waals surface area contributed by atoms with E-state index in [1.54, 1.807) is 0 Å². The molecule has 5 heteroatoms. The van der Waals surface area contributed by atoms with Gasteiger partial charge in [0.2, 0.25) is 5.91 Å². The Hall–Kier alpha value is -1.26. The van der Waals surface area contributed by atoms with Crippen LogP contribution in [0.3, 0.4) is 0 Å². The van der Waals surface area contributed by atoms with E-state index in [1.807, 2.05) is 23.6 Å². The second-order valence-electron chi connectivity index (χ2n) is 7.32. The summed E-state index contributed by atoms with van der Waals surface area (Å²) in [6.45, 7) is 7.04. The first-order chi connectivity index (χ1) is 11.6. The van der Waals surface area contributed by atoms with Crippen molar-refractivity contribution < 1.29 is 9.59 Å². The van der Waals surface area contributed by atoms with E-state index in [2.05, 4.69) is 5.32 Å². The lowest BCUT2D eigenvalue weighted by Crippen LogP contribution is -2.50. The molecule has 0 aromatic heterocycles. The monoisotopic (exact) mass is 337 g/mol. The molecule has 1 aliphatic carbocycles. The zero-order chi connectivity index (χ0) is 17.4. The van der Waals surface area contributed by atoms with Crippen molar-refractivity contribution in [1.82, 2.24) is 15.1 Å². The Kier molecular flexibility index (Phi) is 7.86. The fraction of sp³-hybridized carbons (Fsp3) is 0.895. The van der Waals surface area contributed by atoms with Crippen LogP contribution >= 0.6 is 0 Å². The molecule has 1 aliphatic heterocycles. The Morgan fingerprint density at radius 1 is 1.00 bits per heavy atom. The summed E-state index contributed by atoms with van der Waals surface area (Å²) in [5.41, 5.74) is 0. The maximum absolute atomic E-state index is 12.4. The molecule has 0 atom stereocenters. The standard InChI is InChI=1S/C19H35N3O2/c1-3-21(4-2)19(24)20-17-12-14-22(15-13-17)18(23)11-10-16-8-6-5-7-9-16/h16-17H,3-15H2,1-2H3,(H,20,24). The molecule has 3 amide bonds. The highest BCUT2D eigenvalue weighted by Crippen LogP contribution is 2.27. The predicted molar refractivity (Wildman–Crippen MR) is 96.9 cm³/mol. The van der Waals surface area contributed by atoms with Gasteiger partial charge in [-0.25, -0.2) is 4.79 Å². The number of carbonyl (C=O) groups is 2. The first-order valence-electron chi connectivity index (χ1n) is 9.97. The van der Waals surface area contributed by atoms with Crippen molar-refractivity contribution in [2.75, 3.05) is 26.2 Å². The van der Waals surface area contributed by atoms with Gasteiger partial charge in [-0.05, 0) is 39.0 Å². The van der Waals surface area contributed by atoms with Crippen LogP contribution in [0.4, 0.5) is 4.79 Å². The van der Waals surface area contributed by atoms with E-state index in [0.717, 1.165) is 51.4 Å². The van der Waals surface area contributed by atoms with E-state index in [4.69, 9.17) is 0 Å². The Bertz CT molecular complexity index is 395. The summed E-state index contributed by atoms with van der Waals surface area (Å²) < 4.78 is 0. The molecule has 1 saturated heterocycles. The van der Waals surface area contributed by atoms with Gasteiger partial charge in [0.05, 0.1) is 0 Å². The molecule has 0 unspecified atom stereocenters. The van der Waals surface area contributed by atoms with E-state index in [-0.39, 0.29) is 12.1 Å². The summed E-state index contributed by atoms with van der Waals surface area (Å²) in [4.78, 5) is 28.3. The van der Waals surface area contributed by atoms with Crippen LogP contribution in [0.1, 0.15) is 71.6 Å². The average Bonchev–Trinajstić information content (AvgIpc) is 2.62. The first kappa shape index (κ1) is 19.1.